The number of rotatable bonds is 2. The molecule has 1 rings (SSSR count). The standard InChI is InChI=1S/C9H10INO/c1-2-8(11)7-4-3-6(10)5-9(7)12/h2-5,8,12H,1,11H2/t8-/m1/s1. The van der Waals surface area contributed by atoms with E-state index in [2.05, 4.69) is 29.2 Å². The molecule has 3 N–H and O–H groups in total. The molecule has 2 nitrogen and oxygen atoms in total. The van der Waals surface area contributed by atoms with Crippen molar-refractivity contribution >= 4 is 22.6 Å². The average Bonchev–Trinajstić information content (AvgIpc) is 2.03. The first kappa shape index (κ1) is 9.54. The molecular formula is C9H10INO. The minimum atomic E-state index is -0.290. The number of phenolic OH excluding ortho intramolecular Hbond substituents is 1. The van der Waals surface area contributed by atoms with Crippen LogP contribution in [0, 0.1) is 3.57 Å². The Hall–Kier alpha value is -0.550. The summed E-state index contributed by atoms with van der Waals surface area (Å²) in [6.07, 6.45) is 1.60. The van der Waals surface area contributed by atoms with Crippen molar-refractivity contribution in [2.45, 2.75) is 6.04 Å². The van der Waals surface area contributed by atoms with E-state index in [1.54, 1.807) is 12.1 Å². The Morgan fingerprint density at radius 1 is 1.58 bits per heavy atom. The van der Waals surface area contributed by atoms with E-state index < -0.39 is 0 Å². The van der Waals surface area contributed by atoms with Crippen molar-refractivity contribution in [3.05, 3.63) is 40.0 Å². The average molecular weight is 275 g/mol. The van der Waals surface area contributed by atoms with Gasteiger partial charge in [-0.2, -0.15) is 0 Å². The fourth-order valence-electron chi connectivity index (χ4n) is 0.926. The van der Waals surface area contributed by atoms with E-state index >= 15 is 0 Å². The van der Waals surface area contributed by atoms with Crippen molar-refractivity contribution in [3.63, 3.8) is 0 Å². The van der Waals surface area contributed by atoms with Crippen LogP contribution in [0.25, 0.3) is 0 Å². The first-order valence-corrected chi connectivity index (χ1v) is 4.59. The Morgan fingerprint density at radius 3 is 2.75 bits per heavy atom. The Labute approximate surface area is 85.2 Å². The van der Waals surface area contributed by atoms with Gasteiger partial charge in [-0.25, -0.2) is 0 Å². The number of hydrogen-bond donors (Lipinski definition) is 2. The van der Waals surface area contributed by atoms with Crippen LogP contribution < -0.4 is 5.73 Å². The highest BCUT2D eigenvalue weighted by Gasteiger charge is 2.06. The molecule has 0 aliphatic heterocycles. The Bertz CT molecular complexity index is 299. The quantitative estimate of drug-likeness (QED) is 0.642. The van der Waals surface area contributed by atoms with Crippen molar-refractivity contribution in [1.29, 1.82) is 0 Å². The van der Waals surface area contributed by atoms with Crippen LogP contribution in [0.4, 0.5) is 0 Å². The molecule has 0 heterocycles. The monoisotopic (exact) mass is 275 g/mol. The van der Waals surface area contributed by atoms with Gasteiger partial charge in [0.05, 0.1) is 6.04 Å². The third-order valence-electron chi connectivity index (χ3n) is 1.61. The number of halogens is 1. The van der Waals surface area contributed by atoms with E-state index in [1.807, 2.05) is 12.1 Å². The highest BCUT2D eigenvalue weighted by molar-refractivity contribution is 14.1. The number of phenols is 1. The zero-order chi connectivity index (χ0) is 9.14. The minimum absolute atomic E-state index is 0.231. The van der Waals surface area contributed by atoms with E-state index in [-0.39, 0.29) is 11.8 Å². The van der Waals surface area contributed by atoms with Crippen LogP contribution in [0.3, 0.4) is 0 Å². The largest absolute Gasteiger partial charge is 0.508 e. The molecule has 64 valence electrons. The number of benzene rings is 1. The van der Waals surface area contributed by atoms with Crippen LogP contribution in [-0.4, -0.2) is 5.11 Å². The minimum Gasteiger partial charge on any atom is -0.508 e. The highest BCUT2D eigenvalue weighted by Crippen LogP contribution is 2.24. The molecule has 0 aliphatic rings. The summed E-state index contributed by atoms with van der Waals surface area (Å²) in [6.45, 7) is 3.56. The molecule has 0 fully saturated rings. The van der Waals surface area contributed by atoms with Gasteiger partial charge >= 0.3 is 0 Å². The Kier molecular flexibility index (Phi) is 3.11. The molecule has 1 aromatic carbocycles. The zero-order valence-corrected chi connectivity index (χ0v) is 8.65. The summed E-state index contributed by atoms with van der Waals surface area (Å²) in [4.78, 5) is 0. The van der Waals surface area contributed by atoms with Crippen LogP contribution in [0.2, 0.25) is 0 Å². The summed E-state index contributed by atoms with van der Waals surface area (Å²) in [5.74, 6) is 0.231. The molecule has 0 amide bonds. The van der Waals surface area contributed by atoms with Crippen LogP contribution in [0.5, 0.6) is 5.75 Å². The maximum absolute atomic E-state index is 9.46. The molecule has 3 heteroatoms. The molecule has 0 radical (unpaired) electrons. The molecule has 0 saturated carbocycles. The molecule has 0 unspecified atom stereocenters. The van der Waals surface area contributed by atoms with Crippen molar-refractivity contribution < 1.29 is 5.11 Å². The lowest BCUT2D eigenvalue weighted by Gasteiger charge is -2.08. The molecule has 0 saturated heterocycles. The van der Waals surface area contributed by atoms with Crippen LogP contribution in [0.1, 0.15) is 11.6 Å². The predicted molar refractivity (Wildman–Crippen MR) is 57.9 cm³/mol. The van der Waals surface area contributed by atoms with Gasteiger partial charge in [0.15, 0.2) is 0 Å². The topological polar surface area (TPSA) is 46.2 Å². The van der Waals surface area contributed by atoms with E-state index in [4.69, 9.17) is 5.73 Å². The molecule has 0 spiro atoms. The van der Waals surface area contributed by atoms with Crippen molar-refractivity contribution in [1.82, 2.24) is 0 Å². The molecule has 0 bridgehead atoms. The van der Waals surface area contributed by atoms with Crippen molar-refractivity contribution in [2.24, 2.45) is 5.73 Å². The fourth-order valence-corrected chi connectivity index (χ4v) is 1.40. The van der Waals surface area contributed by atoms with Gasteiger partial charge < -0.3 is 10.8 Å². The number of hydrogen-bond acceptors (Lipinski definition) is 2. The van der Waals surface area contributed by atoms with Gasteiger partial charge in [0.25, 0.3) is 0 Å². The first-order chi connectivity index (χ1) is 5.65. The lowest BCUT2D eigenvalue weighted by atomic mass is 10.1. The molecule has 0 aromatic heterocycles. The summed E-state index contributed by atoms with van der Waals surface area (Å²) in [6, 6.07) is 5.10. The second-order valence-corrected chi connectivity index (χ2v) is 3.71. The van der Waals surface area contributed by atoms with Gasteiger partial charge in [0, 0.05) is 9.13 Å². The van der Waals surface area contributed by atoms with E-state index in [1.165, 1.54) is 0 Å². The van der Waals surface area contributed by atoms with E-state index in [0.29, 0.717) is 5.56 Å². The Balaban J connectivity index is 3.09. The Morgan fingerprint density at radius 2 is 2.25 bits per heavy atom. The number of nitrogens with two attached hydrogens (primary N) is 1. The third-order valence-corrected chi connectivity index (χ3v) is 2.28. The highest BCUT2D eigenvalue weighted by atomic mass is 127. The SMILES string of the molecule is C=C[C@@H](N)c1ccc(I)cc1O. The van der Waals surface area contributed by atoms with Crippen LogP contribution in [0.15, 0.2) is 30.9 Å². The normalized spacial score (nSPS) is 12.5. The smallest absolute Gasteiger partial charge is 0.121 e. The lowest BCUT2D eigenvalue weighted by molar-refractivity contribution is 0.465. The van der Waals surface area contributed by atoms with Gasteiger partial charge in [-0.15, -0.1) is 6.58 Å². The van der Waals surface area contributed by atoms with Gasteiger partial charge in [-0.05, 0) is 34.7 Å². The van der Waals surface area contributed by atoms with Gasteiger partial charge in [0.1, 0.15) is 5.75 Å². The predicted octanol–water partition coefficient (Wildman–Crippen LogP) is 2.18. The van der Waals surface area contributed by atoms with E-state index in [9.17, 15) is 5.11 Å². The maximum Gasteiger partial charge on any atom is 0.121 e. The summed E-state index contributed by atoms with van der Waals surface area (Å²) >= 11 is 2.13. The fraction of sp³-hybridized carbons (Fsp3) is 0.111. The van der Waals surface area contributed by atoms with Crippen LogP contribution in [-0.2, 0) is 0 Å². The number of aromatic hydroxyl groups is 1. The summed E-state index contributed by atoms with van der Waals surface area (Å²) in [7, 11) is 0. The summed E-state index contributed by atoms with van der Waals surface area (Å²) in [5, 5.41) is 9.46. The van der Waals surface area contributed by atoms with Crippen molar-refractivity contribution in [3.8, 4) is 5.75 Å². The van der Waals surface area contributed by atoms with Gasteiger partial charge in [-0.3, -0.25) is 0 Å². The summed E-state index contributed by atoms with van der Waals surface area (Å²) < 4.78 is 0.991. The second-order valence-electron chi connectivity index (χ2n) is 2.46. The maximum atomic E-state index is 9.46. The first-order valence-electron chi connectivity index (χ1n) is 3.51. The summed E-state index contributed by atoms with van der Waals surface area (Å²) in [5.41, 5.74) is 6.38. The second kappa shape index (κ2) is 3.91. The van der Waals surface area contributed by atoms with Gasteiger partial charge in [-0.1, -0.05) is 12.1 Å². The molecule has 1 aromatic rings. The van der Waals surface area contributed by atoms with Crippen LogP contribution >= 0.6 is 22.6 Å². The molecule has 12 heavy (non-hydrogen) atoms. The zero-order valence-electron chi connectivity index (χ0n) is 6.50. The van der Waals surface area contributed by atoms with Crippen molar-refractivity contribution in [2.75, 3.05) is 0 Å². The molecule has 1 atom stereocenters. The van der Waals surface area contributed by atoms with Gasteiger partial charge in [0.2, 0.25) is 0 Å². The lowest BCUT2D eigenvalue weighted by Crippen LogP contribution is -2.06. The van der Waals surface area contributed by atoms with E-state index in [0.717, 1.165) is 3.57 Å². The third kappa shape index (κ3) is 1.98. The molecule has 0 aliphatic carbocycles. The molecular weight excluding hydrogens is 265 g/mol.